The summed E-state index contributed by atoms with van der Waals surface area (Å²) in [5.74, 6) is 1.72. The molecule has 0 bridgehead atoms. The fourth-order valence-electron chi connectivity index (χ4n) is 3.49. The molecule has 3 rings (SSSR count). The number of nitrogens with zero attached hydrogens (tertiary/aromatic N) is 4. The number of carbonyl (C=O) groups excluding carboxylic acids is 1. The number of carbonyl (C=O) groups is 1. The Balaban J connectivity index is 1.91. The van der Waals surface area contributed by atoms with Crippen molar-refractivity contribution in [2.45, 2.75) is 40.5 Å². The minimum Gasteiger partial charge on any atom is -0.356 e. The van der Waals surface area contributed by atoms with Gasteiger partial charge in [-0.2, -0.15) is 0 Å². The van der Waals surface area contributed by atoms with Crippen molar-refractivity contribution in [3.05, 3.63) is 41.5 Å². The number of nitrogens with one attached hydrogen (secondary N) is 2. The number of H-pyrrole nitrogens is 1. The Kier molecular flexibility index (Phi) is 5.06. The lowest BCUT2D eigenvalue weighted by atomic mass is 9.78. The standard InChI is InChI=1S/C19H26N6O/c1-13-8-18(22-12-21-13)25-7-5-6-19(4,11-25)17(24-15(3)26)9-16-10-20-14(2)23-16/h8-10,12H,5-7,11H2,1-4H3,(H,20,23)(H,24,26)/b17-9-. The van der Waals surface area contributed by atoms with Gasteiger partial charge < -0.3 is 15.2 Å². The highest BCUT2D eigenvalue weighted by Gasteiger charge is 2.36. The first-order valence-corrected chi connectivity index (χ1v) is 8.91. The largest absolute Gasteiger partial charge is 0.356 e. The number of piperidine rings is 1. The highest BCUT2D eigenvalue weighted by atomic mass is 16.1. The molecule has 138 valence electrons. The van der Waals surface area contributed by atoms with Crippen LogP contribution in [0.1, 0.15) is 43.9 Å². The minimum atomic E-state index is -0.193. The molecule has 1 atom stereocenters. The number of hydrogen-bond donors (Lipinski definition) is 2. The zero-order chi connectivity index (χ0) is 18.7. The molecule has 2 N–H and O–H groups in total. The Labute approximate surface area is 154 Å². The number of anilines is 1. The van der Waals surface area contributed by atoms with Crippen molar-refractivity contribution < 1.29 is 4.79 Å². The van der Waals surface area contributed by atoms with Crippen molar-refractivity contribution in [3.8, 4) is 0 Å². The lowest BCUT2D eigenvalue weighted by molar-refractivity contribution is -0.118. The van der Waals surface area contributed by atoms with E-state index in [1.807, 2.05) is 26.0 Å². The van der Waals surface area contributed by atoms with E-state index < -0.39 is 0 Å². The molecule has 0 saturated carbocycles. The molecule has 7 nitrogen and oxygen atoms in total. The van der Waals surface area contributed by atoms with E-state index in [1.54, 1.807) is 19.4 Å². The number of aryl methyl sites for hydroxylation is 2. The van der Waals surface area contributed by atoms with Crippen LogP contribution in [0.25, 0.3) is 6.08 Å². The lowest BCUT2D eigenvalue weighted by Crippen LogP contribution is -2.46. The smallest absolute Gasteiger partial charge is 0.221 e. The van der Waals surface area contributed by atoms with Gasteiger partial charge in [-0.15, -0.1) is 0 Å². The molecule has 26 heavy (non-hydrogen) atoms. The van der Waals surface area contributed by atoms with Crippen molar-refractivity contribution in [2.75, 3.05) is 18.0 Å². The summed E-state index contributed by atoms with van der Waals surface area (Å²) in [7, 11) is 0. The summed E-state index contributed by atoms with van der Waals surface area (Å²) in [5, 5.41) is 3.05. The van der Waals surface area contributed by atoms with Gasteiger partial charge in [0, 0.05) is 42.9 Å². The predicted octanol–water partition coefficient (Wildman–Crippen LogP) is 2.60. The van der Waals surface area contributed by atoms with E-state index in [0.29, 0.717) is 0 Å². The average Bonchev–Trinajstić information content (AvgIpc) is 2.99. The van der Waals surface area contributed by atoms with Crippen LogP contribution in [0.4, 0.5) is 5.82 Å². The van der Waals surface area contributed by atoms with Gasteiger partial charge in [0.2, 0.25) is 5.91 Å². The molecule has 1 aliphatic rings. The first-order chi connectivity index (χ1) is 12.4. The molecule has 1 saturated heterocycles. The Hall–Kier alpha value is -2.70. The lowest BCUT2D eigenvalue weighted by Gasteiger charge is -2.42. The summed E-state index contributed by atoms with van der Waals surface area (Å²) in [5.41, 5.74) is 2.56. The van der Waals surface area contributed by atoms with Crippen molar-refractivity contribution >= 4 is 17.8 Å². The van der Waals surface area contributed by atoms with Crippen LogP contribution in [0, 0.1) is 19.3 Å². The molecule has 2 aromatic rings. The summed E-state index contributed by atoms with van der Waals surface area (Å²) in [6.07, 6.45) is 7.41. The van der Waals surface area contributed by atoms with E-state index in [1.165, 1.54) is 0 Å². The third-order valence-electron chi connectivity index (χ3n) is 4.79. The first kappa shape index (κ1) is 18.1. The third-order valence-corrected chi connectivity index (χ3v) is 4.79. The van der Waals surface area contributed by atoms with Gasteiger partial charge in [-0.1, -0.05) is 6.92 Å². The van der Waals surface area contributed by atoms with Gasteiger partial charge in [-0.3, -0.25) is 4.79 Å². The van der Waals surface area contributed by atoms with Crippen molar-refractivity contribution in [3.63, 3.8) is 0 Å². The average molecular weight is 354 g/mol. The molecule has 2 aromatic heterocycles. The van der Waals surface area contributed by atoms with Gasteiger partial charge >= 0.3 is 0 Å². The molecule has 7 heteroatoms. The second-order valence-corrected chi connectivity index (χ2v) is 7.27. The zero-order valence-corrected chi connectivity index (χ0v) is 15.8. The van der Waals surface area contributed by atoms with E-state index in [4.69, 9.17) is 0 Å². The summed E-state index contributed by atoms with van der Waals surface area (Å²) in [4.78, 5) is 30.2. The fourth-order valence-corrected chi connectivity index (χ4v) is 3.49. The number of aromatic nitrogens is 4. The van der Waals surface area contributed by atoms with Crippen molar-refractivity contribution in [2.24, 2.45) is 5.41 Å². The van der Waals surface area contributed by atoms with Gasteiger partial charge in [0.25, 0.3) is 0 Å². The van der Waals surface area contributed by atoms with Crippen molar-refractivity contribution in [1.29, 1.82) is 0 Å². The van der Waals surface area contributed by atoms with Crippen LogP contribution < -0.4 is 10.2 Å². The van der Waals surface area contributed by atoms with Crippen LogP contribution in [0.3, 0.4) is 0 Å². The topological polar surface area (TPSA) is 86.8 Å². The number of hydrogen-bond acceptors (Lipinski definition) is 5. The summed E-state index contributed by atoms with van der Waals surface area (Å²) >= 11 is 0. The van der Waals surface area contributed by atoms with Crippen LogP contribution in [0.2, 0.25) is 0 Å². The van der Waals surface area contributed by atoms with E-state index in [2.05, 4.69) is 37.1 Å². The summed E-state index contributed by atoms with van der Waals surface area (Å²) in [6, 6.07) is 2.01. The van der Waals surface area contributed by atoms with E-state index in [0.717, 1.165) is 54.7 Å². The fraction of sp³-hybridized carbons (Fsp3) is 0.474. The molecule has 1 aliphatic heterocycles. The highest BCUT2D eigenvalue weighted by Crippen LogP contribution is 2.37. The van der Waals surface area contributed by atoms with Crippen LogP contribution in [0.5, 0.6) is 0 Å². The molecule has 1 unspecified atom stereocenters. The van der Waals surface area contributed by atoms with E-state index >= 15 is 0 Å². The van der Waals surface area contributed by atoms with Crippen molar-refractivity contribution in [1.82, 2.24) is 25.3 Å². The zero-order valence-electron chi connectivity index (χ0n) is 15.8. The van der Waals surface area contributed by atoms with Crippen LogP contribution in [-0.2, 0) is 4.79 Å². The monoisotopic (exact) mass is 354 g/mol. The normalized spacial score (nSPS) is 20.9. The SMILES string of the molecule is CC(=O)N/C(=C\c1cnc(C)[nH]1)C1(C)CCCN(c2cc(C)ncn2)C1. The van der Waals surface area contributed by atoms with Crippen LogP contribution in [-0.4, -0.2) is 38.9 Å². The van der Waals surface area contributed by atoms with Gasteiger partial charge in [-0.25, -0.2) is 15.0 Å². The number of amides is 1. The number of imidazole rings is 1. The second kappa shape index (κ2) is 7.27. The van der Waals surface area contributed by atoms with Gasteiger partial charge in [0.05, 0.1) is 11.9 Å². The quantitative estimate of drug-likeness (QED) is 0.881. The van der Waals surface area contributed by atoms with E-state index in [-0.39, 0.29) is 11.3 Å². The first-order valence-electron chi connectivity index (χ1n) is 8.91. The van der Waals surface area contributed by atoms with Crippen LogP contribution in [0.15, 0.2) is 24.3 Å². The molecule has 0 aromatic carbocycles. The Morgan fingerprint density at radius 2 is 2.15 bits per heavy atom. The third kappa shape index (κ3) is 4.09. The molecule has 1 fully saturated rings. The summed E-state index contributed by atoms with van der Waals surface area (Å²) in [6.45, 7) is 9.35. The Morgan fingerprint density at radius 1 is 1.35 bits per heavy atom. The summed E-state index contributed by atoms with van der Waals surface area (Å²) < 4.78 is 0. The molecule has 0 aliphatic carbocycles. The van der Waals surface area contributed by atoms with Crippen LogP contribution >= 0.6 is 0 Å². The maximum Gasteiger partial charge on any atom is 0.221 e. The molecule has 0 spiro atoms. The Bertz CT molecular complexity index is 827. The molecule has 3 heterocycles. The molecule has 1 amide bonds. The molecule has 0 radical (unpaired) electrons. The van der Waals surface area contributed by atoms with Gasteiger partial charge in [0.15, 0.2) is 0 Å². The molecular weight excluding hydrogens is 328 g/mol. The number of rotatable bonds is 4. The predicted molar refractivity (Wildman–Crippen MR) is 101 cm³/mol. The van der Waals surface area contributed by atoms with Gasteiger partial charge in [-0.05, 0) is 32.8 Å². The van der Waals surface area contributed by atoms with Gasteiger partial charge in [0.1, 0.15) is 18.0 Å². The highest BCUT2D eigenvalue weighted by molar-refractivity contribution is 5.76. The Morgan fingerprint density at radius 3 is 2.81 bits per heavy atom. The van der Waals surface area contributed by atoms with E-state index in [9.17, 15) is 4.79 Å². The number of aromatic amines is 1. The molecular formula is C19H26N6O. The maximum absolute atomic E-state index is 11.8. The maximum atomic E-state index is 11.8. The minimum absolute atomic E-state index is 0.0660. The second-order valence-electron chi connectivity index (χ2n) is 7.27.